The summed E-state index contributed by atoms with van der Waals surface area (Å²) in [6, 6.07) is 11.8. The Bertz CT molecular complexity index is 926. The first-order valence-electron chi connectivity index (χ1n) is 9.43. The highest BCUT2D eigenvalue weighted by Crippen LogP contribution is 2.29. The van der Waals surface area contributed by atoms with Crippen molar-refractivity contribution in [1.82, 2.24) is 15.3 Å². The van der Waals surface area contributed by atoms with Crippen LogP contribution in [0, 0.1) is 5.92 Å². The molecule has 1 amide bonds. The van der Waals surface area contributed by atoms with Crippen LogP contribution >= 0.6 is 11.8 Å². The van der Waals surface area contributed by atoms with Crippen molar-refractivity contribution < 1.29 is 9.21 Å². The molecule has 5 nitrogen and oxygen atoms in total. The molecule has 1 saturated carbocycles. The fraction of sp³-hybridized carbons (Fsp3) is 0.381. The quantitative estimate of drug-likeness (QED) is 0.513. The summed E-state index contributed by atoms with van der Waals surface area (Å²) in [5.74, 6) is 2.15. The van der Waals surface area contributed by atoms with Gasteiger partial charge in [0.1, 0.15) is 5.03 Å². The third kappa shape index (κ3) is 4.16. The number of amides is 1. The van der Waals surface area contributed by atoms with E-state index < -0.39 is 0 Å². The van der Waals surface area contributed by atoms with Crippen LogP contribution in [0.1, 0.15) is 32.6 Å². The van der Waals surface area contributed by atoms with Gasteiger partial charge in [-0.2, -0.15) is 0 Å². The lowest BCUT2D eigenvalue weighted by Crippen LogP contribution is -2.41. The van der Waals surface area contributed by atoms with Gasteiger partial charge in [0.05, 0.1) is 17.5 Å². The SMILES string of the molecule is CC1CCCCC1NC(=O)CSc1nc(-c2ccco2)nc2ccccc12. The molecule has 27 heavy (non-hydrogen) atoms. The van der Waals surface area contributed by atoms with Crippen LogP contribution in [0.5, 0.6) is 0 Å². The molecular weight excluding hydrogens is 358 g/mol. The number of rotatable bonds is 5. The lowest BCUT2D eigenvalue weighted by atomic mass is 9.86. The van der Waals surface area contributed by atoms with E-state index in [2.05, 4.69) is 22.2 Å². The zero-order valence-corrected chi connectivity index (χ0v) is 16.2. The number of nitrogens with zero attached hydrogens (tertiary/aromatic N) is 2. The molecule has 2 aromatic heterocycles. The minimum absolute atomic E-state index is 0.0704. The molecule has 2 heterocycles. The van der Waals surface area contributed by atoms with Crippen molar-refractivity contribution in [3.63, 3.8) is 0 Å². The van der Waals surface area contributed by atoms with Gasteiger partial charge in [0, 0.05) is 11.4 Å². The zero-order chi connectivity index (χ0) is 18.6. The van der Waals surface area contributed by atoms with Gasteiger partial charge in [0.2, 0.25) is 5.91 Å². The van der Waals surface area contributed by atoms with Crippen molar-refractivity contribution >= 4 is 28.6 Å². The second-order valence-corrected chi connectivity index (χ2v) is 8.04. The fourth-order valence-corrected chi connectivity index (χ4v) is 4.42. The average Bonchev–Trinajstić information content (AvgIpc) is 3.22. The van der Waals surface area contributed by atoms with Gasteiger partial charge < -0.3 is 9.73 Å². The molecule has 0 radical (unpaired) electrons. The van der Waals surface area contributed by atoms with Gasteiger partial charge in [0.15, 0.2) is 11.6 Å². The van der Waals surface area contributed by atoms with E-state index in [1.807, 2.05) is 36.4 Å². The first-order valence-corrected chi connectivity index (χ1v) is 10.4. The Morgan fingerprint density at radius 1 is 1.19 bits per heavy atom. The molecule has 140 valence electrons. The van der Waals surface area contributed by atoms with E-state index in [0.717, 1.165) is 22.3 Å². The number of thioether (sulfide) groups is 1. The van der Waals surface area contributed by atoms with Crippen LogP contribution in [0.4, 0.5) is 0 Å². The standard InChI is InChI=1S/C21H23N3O2S/c1-14-7-2-4-9-16(14)22-19(25)13-27-21-15-8-3-5-10-17(15)23-20(24-21)18-11-6-12-26-18/h3,5-6,8,10-12,14,16H,2,4,7,9,13H2,1H3,(H,22,25). The lowest BCUT2D eigenvalue weighted by molar-refractivity contribution is -0.119. The number of benzene rings is 1. The summed E-state index contributed by atoms with van der Waals surface area (Å²) in [6.45, 7) is 2.23. The minimum Gasteiger partial charge on any atom is -0.461 e. The third-order valence-electron chi connectivity index (χ3n) is 5.11. The largest absolute Gasteiger partial charge is 0.461 e. The Morgan fingerprint density at radius 2 is 2.04 bits per heavy atom. The number of fused-ring (bicyclic) bond motifs is 1. The minimum atomic E-state index is 0.0704. The van der Waals surface area contributed by atoms with Crippen LogP contribution in [-0.2, 0) is 4.79 Å². The number of hydrogen-bond acceptors (Lipinski definition) is 5. The van der Waals surface area contributed by atoms with E-state index >= 15 is 0 Å². The van der Waals surface area contributed by atoms with Crippen LogP contribution in [0.15, 0.2) is 52.1 Å². The van der Waals surface area contributed by atoms with E-state index in [4.69, 9.17) is 4.42 Å². The zero-order valence-electron chi connectivity index (χ0n) is 15.4. The first-order chi connectivity index (χ1) is 13.2. The van der Waals surface area contributed by atoms with Crippen LogP contribution in [0.25, 0.3) is 22.5 Å². The Morgan fingerprint density at radius 3 is 2.85 bits per heavy atom. The molecule has 6 heteroatoms. The molecule has 3 aromatic rings. The number of carbonyl (C=O) groups is 1. The molecular formula is C21H23N3O2S. The summed E-state index contributed by atoms with van der Waals surface area (Å²) in [4.78, 5) is 21.7. The molecule has 1 aliphatic rings. The van der Waals surface area contributed by atoms with Crippen LogP contribution in [0.2, 0.25) is 0 Å². The van der Waals surface area contributed by atoms with Crippen molar-refractivity contribution in [2.75, 3.05) is 5.75 Å². The first kappa shape index (κ1) is 18.0. The summed E-state index contributed by atoms with van der Waals surface area (Å²) >= 11 is 1.45. The van der Waals surface area contributed by atoms with E-state index in [-0.39, 0.29) is 5.91 Å². The van der Waals surface area contributed by atoms with Gasteiger partial charge in [0.25, 0.3) is 0 Å². The molecule has 0 aliphatic heterocycles. The molecule has 2 atom stereocenters. The molecule has 2 unspecified atom stereocenters. The molecule has 0 spiro atoms. The maximum atomic E-state index is 12.5. The highest BCUT2D eigenvalue weighted by molar-refractivity contribution is 8.00. The summed E-state index contributed by atoms with van der Waals surface area (Å²) in [7, 11) is 0. The van der Waals surface area contributed by atoms with Gasteiger partial charge in [-0.1, -0.05) is 49.7 Å². The Balaban J connectivity index is 1.51. The number of hydrogen-bond donors (Lipinski definition) is 1. The van der Waals surface area contributed by atoms with Gasteiger partial charge in [-0.3, -0.25) is 4.79 Å². The number of aromatic nitrogens is 2. The highest BCUT2D eigenvalue weighted by atomic mass is 32.2. The van der Waals surface area contributed by atoms with Crippen molar-refractivity contribution in [2.45, 2.75) is 43.7 Å². The van der Waals surface area contributed by atoms with Gasteiger partial charge in [-0.25, -0.2) is 9.97 Å². The molecule has 4 rings (SSSR count). The molecule has 0 saturated heterocycles. The summed E-state index contributed by atoms with van der Waals surface area (Å²) in [6.07, 6.45) is 6.35. The van der Waals surface area contributed by atoms with Gasteiger partial charge >= 0.3 is 0 Å². The predicted molar refractivity (Wildman–Crippen MR) is 108 cm³/mol. The topological polar surface area (TPSA) is 68.0 Å². The summed E-state index contributed by atoms with van der Waals surface area (Å²) in [5, 5.41) is 4.97. The predicted octanol–water partition coefficient (Wildman–Crippen LogP) is 4.68. The van der Waals surface area contributed by atoms with Crippen molar-refractivity contribution in [2.24, 2.45) is 5.92 Å². The lowest BCUT2D eigenvalue weighted by Gasteiger charge is -2.29. The molecule has 0 bridgehead atoms. The number of furan rings is 1. The second-order valence-electron chi connectivity index (χ2n) is 7.07. The molecule has 1 fully saturated rings. The molecule has 1 N–H and O–H groups in total. The van der Waals surface area contributed by atoms with E-state index in [9.17, 15) is 4.79 Å². The third-order valence-corrected chi connectivity index (χ3v) is 6.10. The molecule has 1 aromatic carbocycles. The Kier molecular flexibility index (Phi) is 5.43. The maximum Gasteiger partial charge on any atom is 0.230 e. The maximum absolute atomic E-state index is 12.5. The van der Waals surface area contributed by atoms with Gasteiger partial charge in [-0.05, 0) is 37.0 Å². The second kappa shape index (κ2) is 8.13. The van der Waals surface area contributed by atoms with E-state index in [1.165, 1.54) is 31.0 Å². The van der Waals surface area contributed by atoms with E-state index in [0.29, 0.717) is 29.3 Å². The van der Waals surface area contributed by atoms with Crippen LogP contribution < -0.4 is 5.32 Å². The van der Waals surface area contributed by atoms with Gasteiger partial charge in [-0.15, -0.1) is 0 Å². The van der Waals surface area contributed by atoms with Crippen molar-refractivity contribution in [3.8, 4) is 11.6 Å². The Labute approximate surface area is 163 Å². The number of nitrogens with one attached hydrogen (secondary N) is 1. The number of para-hydroxylation sites is 1. The van der Waals surface area contributed by atoms with E-state index in [1.54, 1.807) is 6.26 Å². The summed E-state index contributed by atoms with van der Waals surface area (Å²) < 4.78 is 5.45. The number of carbonyl (C=O) groups excluding carboxylic acids is 1. The normalized spacial score (nSPS) is 19.9. The van der Waals surface area contributed by atoms with Crippen LogP contribution in [0.3, 0.4) is 0 Å². The monoisotopic (exact) mass is 381 g/mol. The highest BCUT2D eigenvalue weighted by Gasteiger charge is 2.23. The fourth-order valence-electron chi connectivity index (χ4n) is 3.59. The van der Waals surface area contributed by atoms with Crippen LogP contribution in [-0.4, -0.2) is 27.7 Å². The van der Waals surface area contributed by atoms with Crippen molar-refractivity contribution in [3.05, 3.63) is 42.7 Å². The summed E-state index contributed by atoms with van der Waals surface area (Å²) in [5.41, 5.74) is 0.850. The smallest absolute Gasteiger partial charge is 0.230 e. The average molecular weight is 382 g/mol. The Hall–Kier alpha value is -2.34. The van der Waals surface area contributed by atoms with Crippen molar-refractivity contribution in [1.29, 1.82) is 0 Å². The molecule has 1 aliphatic carbocycles.